The number of halogens is 2. The Balaban J connectivity index is 0.000000291. The van der Waals surface area contributed by atoms with Crippen molar-refractivity contribution in [2.75, 3.05) is 12.5 Å². The summed E-state index contributed by atoms with van der Waals surface area (Å²) in [5, 5.41) is 0.725. The molecule has 0 saturated carbocycles. The number of aliphatic imine (C=N–C) groups is 2. The number of guanidine groups is 2. The van der Waals surface area contributed by atoms with Crippen LogP contribution in [0.1, 0.15) is 45.7 Å². The van der Waals surface area contributed by atoms with E-state index in [-0.39, 0.29) is 43.9 Å². The third-order valence-corrected chi connectivity index (χ3v) is 13.1. The van der Waals surface area contributed by atoms with Crippen molar-refractivity contribution in [2.45, 2.75) is 56.1 Å². The monoisotopic (exact) mass is 854 g/mol. The van der Waals surface area contributed by atoms with Crippen molar-refractivity contribution >= 4 is 88.2 Å². The molecule has 2 amide bonds. The van der Waals surface area contributed by atoms with Crippen LogP contribution in [-0.4, -0.2) is 61.5 Å². The molecule has 8 N–H and O–H groups in total. The normalized spacial score (nSPS) is 11.5. The maximum absolute atomic E-state index is 13.1. The molecule has 4 rings (SSSR count). The molecule has 0 radical (unpaired) electrons. The Kier molecular flexibility index (Phi) is 14.5. The largest absolute Gasteiger partial charge is 0.370 e. The van der Waals surface area contributed by atoms with Crippen LogP contribution in [0.5, 0.6) is 0 Å². The highest BCUT2D eigenvalue weighted by molar-refractivity contribution is 8.00. The van der Waals surface area contributed by atoms with Gasteiger partial charge in [-0.15, -0.1) is 0 Å². The molecule has 54 heavy (non-hydrogen) atoms. The quantitative estimate of drug-likeness (QED) is 0.127. The highest BCUT2D eigenvalue weighted by atomic mass is 35.5. The molecule has 0 aliphatic carbocycles. The molecule has 0 aliphatic heterocycles. The number of nitrogens with two attached hydrogens (primary N) is 4. The fraction of sp³-hybridized carbons (Fsp3) is 0.176. The average Bonchev–Trinajstić information content (AvgIpc) is 3.06. The third-order valence-electron chi connectivity index (χ3n) is 7.24. The summed E-state index contributed by atoms with van der Waals surface area (Å²) < 4.78 is 75.4. The van der Waals surface area contributed by atoms with Gasteiger partial charge in [0.05, 0.1) is 19.6 Å². The van der Waals surface area contributed by atoms with Crippen molar-refractivity contribution in [3.63, 3.8) is 0 Å². The molecule has 0 aliphatic rings. The Morgan fingerprint density at radius 3 is 1.54 bits per heavy atom. The molecule has 0 fully saturated rings. The molecule has 14 nitrogen and oxygen atoms in total. The summed E-state index contributed by atoms with van der Waals surface area (Å²) >= 11 is 13.1. The van der Waals surface area contributed by atoms with Crippen LogP contribution in [0.3, 0.4) is 0 Å². The molecule has 0 heterocycles. The molecule has 0 saturated heterocycles. The van der Waals surface area contributed by atoms with Gasteiger partial charge in [0.1, 0.15) is 0 Å². The summed E-state index contributed by atoms with van der Waals surface area (Å²) in [6.45, 7) is 3.53. The Labute approximate surface area is 327 Å². The molecule has 0 aromatic heterocycles. The summed E-state index contributed by atoms with van der Waals surface area (Å²) in [6.07, 6.45) is 2.68. The number of hydrogen-bond acceptors (Lipinski definition) is 9. The predicted octanol–water partition coefficient (Wildman–Crippen LogP) is 4.42. The van der Waals surface area contributed by atoms with E-state index in [9.17, 15) is 34.8 Å². The topological polar surface area (TPSA) is 265 Å². The van der Waals surface area contributed by atoms with Gasteiger partial charge in [0.25, 0.3) is 11.8 Å². The highest BCUT2D eigenvalue weighted by Crippen LogP contribution is 2.36. The number of aryl methyl sites for hydroxylation is 2. The Morgan fingerprint density at radius 2 is 1.09 bits per heavy atom. The summed E-state index contributed by atoms with van der Waals surface area (Å²) in [6, 6.07) is 17.7. The lowest BCUT2D eigenvalue weighted by atomic mass is 10.0. The van der Waals surface area contributed by atoms with Gasteiger partial charge in [0, 0.05) is 43.5 Å². The van der Waals surface area contributed by atoms with Gasteiger partial charge in [0.2, 0.25) is 9.84 Å². The lowest BCUT2D eigenvalue weighted by molar-refractivity contribution is 0.0993. The zero-order chi connectivity index (χ0) is 40.8. The van der Waals surface area contributed by atoms with Crippen molar-refractivity contribution in [1.29, 1.82) is 0 Å². The van der Waals surface area contributed by atoms with Crippen LogP contribution in [0.4, 0.5) is 0 Å². The van der Waals surface area contributed by atoms with Gasteiger partial charge in [-0.3, -0.25) is 9.59 Å². The van der Waals surface area contributed by atoms with Gasteiger partial charge in [-0.2, -0.15) is 9.98 Å². The van der Waals surface area contributed by atoms with E-state index in [1.807, 2.05) is 13.0 Å². The van der Waals surface area contributed by atoms with Crippen LogP contribution in [-0.2, 0) is 42.4 Å². The average molecular weight is 856 g/mol. The van der Waals surface area contributed by atoms with E-state index in [1.165, 1.54) is 42.1 Å². The Morgan fingerprint density at radius 1 is 0.630 bits per heavy atom. The van der Waals surface area contributed by atoms with E-state index in [0.29, 0.717) is 21.9 Å². The summed E-state index contributed by atoms with van der Waals surface area (Å²) in [5.41, 5.74) is 22.0. The SMILES string of the molecule is CCc1cc(S(=O)(=O)c2cccc(Cl)c2)c(S(C)(=O)=O)cc1C(=O)N=C(N)N.CCc1cc(Sc2cccc(Cl)c2)c(S(C)(=O)=O)cc1C(=O)N=C(N)N. The molecular formula is C34H36Cl2N6O8S4. The minimum Gasteiger partial charge on any atom is -0.370 e. The van der Waals surface area contributed by atoms with Gasteiger partial charge in [-0.05, 0) is 84.6 Å². The summed E-state index contributed by atoms with van der Waals surface area (Å²) in [5.74, 6) is -2.42. The van der Waals surface area contributed by atoms with Gasteiger partial charge < -0.3 is 22.9 Å². The zero-order valence-corrected chi connectivity index (χ0v) is 34.0. The molecular weight excluding hydrogens is 820 g/mol. The minimum absolute atomic E-state index is 0.0359. The van der Waals surface area contributed by atoms with Gasteiger partial charge in [-0.25, -0.2) is 25.3 Å². The molecule has 0 spiro atoms. The standard InChI is InChI=1S/C17H18ClN3O5S2.C17H18ClN3O3S2/c1-3-10-7-15(28(25,26)12-6-4-5-11(18)8-12)14(27(2,23)24)9-13(10)16(22)21-17(19)20;1-3-10-7-14(25-12-6-4-5-11(18)8-12)15(26(2,23)24)9-13(10)16(22)21-17(19)20/h4-9H,3H2,1-2H3,(H4,19,20,21,22);4-9H,3H2,1-2H3,(H4,19,20,21,22). The number of benzene rings is 4. The van der Waals surface area contributed by atoms with E-state index in [0.717, 1.165) is 29.5 Å². The molecule has 0 atom stereocenters. The predicted molar refractivity (Wildman–Crippen MR) is 211 cm³/mol. The third kappa shape index (κ3) is 11.3. The number of amides is 2. The maximum Gasteiger partial charge on any atom is 0.280 e. The highest BCUT2D eigenvalue weighted by Gasteiger charge is 2.29. The lowest BCUT2D eigenvalue weighted by Crippen LogP contribution is -2.24. The van der Waals surface area contributed by atoms with E-state index in [1.54, 1.807) is 31.2 Å². The number of carbonyl (C=O) groups is 2. The molecule has 0 unspecified atom stereocenters. The summed E-state index contributed by atoms with van der Waals surface area (Å²) in [4.78, 5) is 31.7. The fourth-order valence-corrected chi connectivity index (χ4v) is 10.6. The van der Waals surface area contributed by atoms with Crippen LogP contribution in [0, 0.1) is 0 Å². The molecule has 4 aromatic rings. The number of rotatable bonds is 10. The van der Waals surface area contributed by atoms with Gasteiger partial charge in [0.15, 0.2) is 31.6 Å². The first-order valence-electron chi connectivity index (χ1n) is 15.5. The van der Waals surface area contributed by atoms with Crippen molar-refractivity contribution in [1.82, 2.24) is 0 Å². The van der Waals surface area contributed by atoms with Crippen LogP contribution < -0.4 is 22.9 Å². The smallest absolute Gasteiger partial charge is 0.280 e. The minimum atomic E-state index is -4.23. The second-order valence-corrected chi connectivity index (χ2v) is 19.2. The second kappa shape index (κ2) is 17.8. The number of hydrogen-bond donors (Lipinski definition) is 4. The van der Waals surface area contributed by atoms with Crippen LogP contribution in [0.2, 0.25) is 10.0 Å². The van der Waals surface area contributed by atoms with E-state index in [4.69, 9.17) is 46.1 Å². The van der Waals surface area contributed by atoms with E-state index in [2.05, 4.69) is 9.98 Å². The van der Waals surface area contributed by atoms with Crippen LogP contribution in [0.15, 0.2) is 112 Å². The van der Waals surface area contributed by atoms with E-state index < -0.39 is 57.1 Å². The first kappa shape index (κ1) is 43.9. The second-order valence-electron chi connectivity index (χ2n) is 11.4. The van der Waals surface area contributed by atoms with E-state index >= 15 is 0 Å². The van der Waals surface area contributed by atoms with Crippen molar-refractivity contribution < 1.29 is 34.8 Å². The van der Waals surface area contributed by atoms with Crippen LogP contribution in [0.25, 0.3) is 0 Å². The zero-order valence-electron chi connectivity index (χ0n) is 29.2. The van der Waals surface area contributed by atoms with Crippen molar-refractivity contribution in [3.8, 4) is 0 Å². The Bertz CT molecular complexity index is 2520. The first-order chi connectivity index (χ1) is 25.0. The van der Waals surface area contributed by atoms with Gasteiger partial charge in [-0.1, -0.05) is 60.9 Å². The van der Waals surface area contributed by atoms with Crippen molar-refractivity contribution in [2.24, 2.45) is 32.9 Å². The maximum atomic E-state index is 13.1. The molecule has 4 aromatic carbocycles. The van der Waals surface area contributed by atoms with Crippen molar-refractivity contribution in [3.05, 3.63) is 105 Å². The fourth-order valence-electron chi connectivity index (χ4n) is 4.83. The van der Waals surface area contributed by atoms with Gasteiger partial charge >= 0.3 is 0 Å². The number of sulfone groups is 3. The molecule has 20 heteroatoms. The number of nitrogens with zero attached hydrogens (tertiary/aromatic N) is 2. The molecule has 0 bridgehead atoms. The lowest BCUT2D eigenvalue weighted by Gasteiger charge is -2.14. The summed E-state index contributed by atoms with van der Waals surface area (Å²) in [7, 11) is -11.8. The number of carbonyl (C=O) groups excluding carboxylic acids is 2. The first-order valence-corrected chi connectivity index (χ1v) is 22.3. The van der Waals surface area contributed by atoms with Crippen LogP contribution >= 0.6 is 35.0 Å². The Hall–Kier alpha value is -4.46. The molecule has 288 valence electrons.